The highest BCUT2D eigenvalue weighted by Gasteiger charge is 2.28. The van der Waals surface area contributed by atoms with Crippen LogP contribution in [-0.4, -0.2) is 39.6 Å². The largest absolute Gasteiger partial charge is 0.310 e. The third-order valence-corrected chi connectivity index (χ3v) is 4.75. The molecule has 2 saturated heterocycles. The van der Waals surface area contributed by atoms with Crippen LogP contribution in [0.5, 0.6) is 0 Å². The summed E-state index contributed by atoms with van der Waals surface area (Å²) in [5, 5.41) is 3.74. The molecule has 2 unspecified atom stereocenters. The average molecular weight is 319 g/mol. The number of nitrogens with zero attached hydrogens (tertiary/aromatic N) is 3. The first-order valence-corrected chi connectivity index (χ1v) is 7.92. The van der Waals surface area contributed by atoms with Crippen molar-refractivity contribution in [3.8, 4) is 5.69 Å². The Labute approximate surface area is 137 Å². The first kappa shape index (κ1) is 15.5. The van der Waals surface area contributed by atoms with Gasteiger partial charge in [-0.05, 0) is 37.0 Å². The van der Waals surface area contributed by atoms with Crippen molar-refractivity contribution in [2.24, 2.45) is 0 Å². The standard InChI is InChI=1S/C17H22N4.ClH/c1-5-17(21-10-8-18-13-21)6-2-14(1)11-20-9-7-15-3-4-16(12-20)19-15;/h1-2,5-6,8,10,13,15-16,19H,3-4,7,9,11-12H2;1H. The summed E-state index contributed by atoms with van der Waals surface area (Å²) in [7, 11) is 0. The topological polar surface area (TPSA) is 33.1 Å². The molecule has 22 heavy (non-hydrogen) atoms. The van der Waals surface area contributed by atoms with Crippen LogP contribution in [0.3, 0.4) is 0 Å². The highest BCUT2D eigenvalue weighted by atomic mass is 35.5. The molecule has 1 aromatic heterocycles. The van der Waals surface area contributed by atoms with E-state index in [0.717, 1.165) is 12.6 Å². The lowest BCUT2D eigenvalue weighted by molar-refractivity contribution is 0.251. The number of aromatic nitrogens is 2. The summed E-state index contributed by atoms with van der Waals surface area (Å²) in [6.07, 6.45) is 9.65. The molecular formula is C17H23ClN4. The normalized spacial score (nSPS) is 24.7. The van der Waals surface area contributed by atoms with Gasteiger partial charge in [0.2, 0.25) is 0 Å². The number of nitrogens with one attached hydrogen (secondary N) is 1. The van der Waals surface area contributed by atoms with Crippen molar-refractivity contribution in [2.45, 2.75) is 37.9 Å². The summed E-state index contributed by atoms with van der Waals surface area (Å²) in [4.78, 5) is 6.69. The van der Waals surface area contributed by atoms with Crippen molar-refractivity contribution in [1.82, 2.24) is 19.8 Å². The van der Waals surface area contributed by atoms with Crippen LogP contribution in [-0.2, 0) is 6.54 Å². The lowest BCUT2D eigenvalue weighted by Gasteiger charge is -2.24. The molecule has 0 amide bonds. The number of imidazole rings is 1. The van der Waals surface area contributed by atoms with Gasteiger partial charge in [0.15, 0.2) is 0 Å². The summed E-state index contributed by atoms with van der Waals surface area (Å²) >= 11 is 0. The first-order chi connectivity index (χ1) is 10.4. The molecule has 3 heterocycles. The van der Waals surface area contributed by atoms with E-state index in [4.69, 9.17) is 0 Å². The summed E-state index contributed by atoms with van der Waals surface area (Å²) < 4.78 is 2.04. The van der Waals surface area contributed by atoms with Gasteiger partial charge in [0.25, 0.3) is 0 Å². The zero-order valence-electron chi connectivity index (χ0n) is 12.7. The van der Waals surface area contributed by atoms with Gasteiger partial charge in [0, 0.05) is 49.8 Å². The maximum Gasteiger partial charge on any atom is 0.0991 e. The van der Waals surface area contributed by atoms with E-state index in [2.05, 4.69) is 39.5 Å². The zero-order valence-corrected chi connectivity index (χ0v) is 13.5. The summed E-state index contributed by atoms with van der Waals surface area (Å²) in [5.74, 6) is 0. The molecule has 2 aromatic rings. The van der Waals surface area contributed by atoms with Crippen LogP contribution >= 0.6 is 12.4 Å². The summed E-state index contributed by atoms with van der Waals surface area (Å²) in [6.45, 7) is 3.48. The third-order valence-electron chi connectivity index (χ3n) is 4.75. The number of benzene rings is 1. The Morgan fingerprint density at radius 3 is 2.68 bits per heavy atom. The fraction of sp³-hybridized carbons (Fsp3) is 0.471. The van der Waals surface area contributed by atoms with Crippen LogP contribution in [0.25, 0.3) is 5.69 Å². The molecule has 118 valence electrons. The minimum atomic E-state index is 0. The van der Waals surface area contributed by atoms with Crippen LogP contribution in [0.2, 0.25) is 0 Å². The number of likely N-dealkylation sites (tertiary alicyclic amines) is 1. The van der Waals surface area contributed by atoms with E-state index in [0.29, 0.717) is 6.04 Å². The number of fused-ring (bicyclic) bond motifs is 2. The third kappa shape index (κ3) is 3.35. The Morgan fingerprint density at radius 1 is 1.09 bits per heavy atom. The average Bonchev–Trinajstić information content (AvgIpc) is 3.12. The van der Waals surface area contributed by atoms with Crippen LogP contribution in [0.4, 0.5) is 0 Å². The molecule has 2 aliphatic heterocycles. The number of halogens is 1. The fourth-order valence-corrected chi connectivity index (χ4v) is 3.60. The minimum Gasteiger partial charge on any atom is -0.310 e. The van der Waals surface area contributed by atoms with Crippen molar-refractivity contribution in [2.75, 3.05) is 13.1 Å². The summed E-state index contributed by atoms with van der Waals surface area (Å²) in [5.41, 5.74) is 2.57. The van der Waals surface area contributed by atoms with Gasteiger partial charge in [0.1, 0.15) is 0 Å². The maximum atomic E-state index is 4.09. The predicted octanol–water partition coefficient (Wildman–Crippen LogP) is 2.62. The Morgan fingerprint density at radius 2 is 1.91 bits per heavy atom. The van der Waals surface area contributed by atoms with Crippen molar-refractivity contribution in [3.63, 3.8) is 0 Å². The second-order valence-corrected chi connectivity index (χ2v) is 6.30. The number of hydrogen-bond acceptors (Lipinski definition) is 3. The zero-order chi connectivity index (χ0) is 14.1. The van der Waals surface area contributed by atoms with Gasteiger partial charge in [-0.25, -0.2) is 4.98 Å². The Bertz CT molecular complexity index is 581. The van der Waals surface area contributed by atoms with Gasteiger partial charge >= 0.3 is 0 Å². The molecule has 5 heteroatoms. The van der Waals surface area contributed by atoms with E-state index in [1.807, 2.05) is 23.3 Å². The van der Waals surface area contributed by atoms with E-state index < -0.39 is 0 Å². The van der Waals surface area contributed by atoms with Crippen molar-refractivity contribution in [1.29, 1.82) is 0 Å². The van der Waals surface area contributed by atoms with Gasteiger partial charge in [0.05, 0.1) is 6.33 Å². The second-order valence-electron chi connectivity index (χ2n) is 6.30. The van der Waals surface area contributed by atoms with Crippen LogP contribution in [0.15, 0.2) is 43.0 Å². The Kier molecular flexibility index (Phi) is 4.81. The fourth-order valence-electron chi connectivity index (χ4n) is 3.60. The molecule has 1 aromatic carbocycles. The van der Waals surface area contributed by atoms with Crippen molar-refractivity contribution >= 4 is 12.4 Å². The van der Waals surface area contributed by atoms with Gasteiger partial charge in [-0.15, -0.1) is 12.4 Å². The first-order valence-electron chi connectivity index (χ1n) is 7.92. The summed E-state index contributed by atoms with van der Waals surface area (Å²) in [6, 6.07) is 10.3. The van der Waals surface area contributed by atoms with Crippen LogP contribution < -0.4 is 5.32 Å². The van der Waals surface area contributed by atoms with Crippen LogP contribution in [0, 0.1) is 0 Å². The molecule has 0 radical (unpaired) electrons. The maximum absolute atomic E-state index is 4.09. The highest BCUT2D eigenvalue weighted by Crippen LogP contribution is 2.21. The number of hydrogen-bond donors (Lipinski definition) is 1. The van der Waals surface area contributed by atoms with E-state index in [-0.39, 0.29) is 12.4 Å². The lowest BCUT2D eigenvalue weighted by Crippen LogP contribution is -2.34. The molecular weight excluding hydrogens is 296 g/mol. The highest BCUT2D eigenvalue weighted by molar-refractivity contribution is 5.85. The molecule has 4 rings (SSSR count). The second kappa shape index (κ2) is 6.82. The Balaban J connectivity index is 0.00000144. The molecule has 2 aliphatic rings. The van der Waals surface area contributed by atoms with Gasteiger partial charge in [-0.3, -0.25) is 4.90 Å². The lowest BCUT2D eigenvalue weighted by atomic mass is 10.1. The predicted molar refractivity (Wildman–Crippen MR) is 90.7 cm³/mol. The van der Waals surface area contributed by atoms with Gasteiger partial charge < -0.3 is 9.88 Å². The van der Waals surface area contributed by atoms with Gasteiger partial charge in [-0.2, -0.15) is 0 Å². The quantitative estimate of drug-likeness (QED) is 0.944. The SMILES string of the molecule is Cl.c1cn(-c2ccc(CN3CCC4CCC(C3)N4)cc2)cn1. The Hall–Kier alpha value is -1.36. The number of rotatable bonds is 3. The molecule has 1 N–H and O–H groups in total. The van der Waals surface area contributed by atoms with E-state index in [1.54, 1.807) is 0 Å². The van der Waals surface area contributed by atoms with E-state index in [9.17, 15) is 0 Å². The van der Waals surface area contributed by atoms with E-state index in [1.165, 1.54) is 43.6 Å². The van der Waals surface area contributed by atoms with Crippen LogP contribution in [0.1, 0.15) is 24.8 Å². The monoisotopic (exact) mass is 318 g/mol. The van der Waals surface area contributed by atoms with Crippen molar-refractivity contribution in [3.05, 3.63) is 48.5 Å². The molecule has 0 spiro atoms. The van der Waals surface area contributed by atoms with Crippen molar-refractivity contribution < 1.29 is 0 Å². The van der Waals surface area contributed by atoms with E-state index >= 15 is 0 Å². The molecule has 2 bridgehead atoms. The minimum absolute atomic E-state index is 0. The molecule has 2 atom stereocenters. The molecule has 0 aliphatic carbocycles. The smallest absolute Gasteiger partial charge is 0.0991 e. The molecule has 2 fully saturated rings. The van der Waals surface area contributed by atoms with Gasteiger partial charge in [-0.1, -0.05) is 12.1 Å². The molecule has 4 nitrogen and oxygen atoms in total. The molecule has 0 saturated carbocycles.